The Morgan fingerprint density at radius 1 is 0.857 bits per heavy atom. The molecule has 0 aliphatic carbocycles. The maximum absolute atomic E-state index is 13.5. The van der Waals surface area contributed by atoms with Gasteiger partial charge in [-0.3, -0.25) is 9.59 Å². The molecule has 0 unspecified atom stereocenters. The molecule has 2 aliphatic rings. The molecule has 5 heteroatoms. The van der Waals surface area contributed by atoms with Crippen molar-refractivity contribution in [3.05, 3.63) is 69.9 Å². The summed E-state index contributed by atoms with van der Waals surface area (Å²) in [5.41, 5.74) is 4.47. The highest BCUT2D eigenvalue weighted by atomic mass is 35.5. The molecule has 2 amide bonds. The fourth-order valence-corrected chi connectivity index (χ4v) is 4.16. The Hall–Kier alpha value is -2.59. The monoisotopic (exact) mass is 394 g/mol. The topological polar surface area (TPSA) is 40.6 Å². The second kappa shape index (κ2) is 7.44. The predicted molar refractivity (Wildman–Crippen MR) is 112 cm³/mol. The van der Waals surface area contributed by atoms with Gasteiger partial charge in [0.2, 0.25) is 0 Å². The number of likely N-dealkylation sites (tertiary alicyclic amines) is 1. The molecular weight excluding hydrogens is 372 g/mol. The summed E-state index contributed by atoms with van der Waals surface area (Å²) in [6.07, 6.45) is 3.20. The van der Waals surface area contributed by atoms with Gasteiger partial charge in [0.05, 0.1) is 16.3 Å². The van der Waals surface area contributed by atoms with Crippen molar-refractivity contribution in [3.8, 4) is 0 Å². The number of halogens is 1. The molecule has 144 valence electrons. The minimum atomic E-state index is -0.304. The van der Waals surface area contributed by atoms with Gasteiger partial charge in [-0.2, -0.15) is 0 Å². The molecule has 2 heterocycles. The first-order chi connectivity index (χ1) is 13.5. The molecular formula is C23H23ClN2O2. The second-order valence-corrected chi connectivity index (χ2v) is 7.87. The number of carbonyl (C=O) groups is 2. The first-order valence-electron chi connectivity index (χ1n) is 9.69. The Morgan fingerprint density at radius 3 is 2.25 bits per heavy atom. The fourth-order valence-electron chi connectivity index (χ4n) is 3.94. The number of benzene rings is 2. The van der Waals surface area contributed by atoms with E-state index in [2.05, 4.69) is 4.90 Å². The summed E-state index contributed by atoms with van der Waals surface area (Å²) in [5.74, 6) is -0.588. The standard InChI is InChI=1S/C23H23ClN2O2/c1-15-10-11-17(14-16(15)2)20-21(25-12-6-3-7-13-25)23(28)26(22(20)27)19-9-5-4-8-18(19)24/h4-5,8-11,14H,3,6-7,12-13H2,1-2H3. The van der Waals surface area contributed by atoms with Crippen molar-refractivity contribution in [1.82, 2.24) is 4.90 Å². The van der Waals surface area contributed by atoms with Crippen molar-refractivity contribution in [2.45, 2.75) is 33.1 Å². The van der Waals surface area contributed by atoms with Crippen LogP contribution in [0.15, 0.2) is 48.2 Å². The third-order valence-electron chi connectivity index (χ3n) is 5.62. The molecule has 2 aromatic rings. The van der Waals surface area contributed by atoms with Crippen LogP contribution in [0.3, 0.4) is 0 Å². The summed E-state index contributed by atoms with van der Waals surface area (Å²) < 4.78 is 0. The van der Waals surface area contributed by atoms with Gasteiger partial charge in [0.25, 0.3) is 11.8 Å². The molecule has 2 aliphatic heterocycles. The van der Waals surface area contributed by atoms with Crippen LogP contribution in [-0.4, -0.2) is 29.8 Å². The molecule has 0 radical (unpaired) electrons. The van der Waals surface area contributed by atoms with Gasteiger partial charge in [-0.15, -0.1) is 0 Å². The minimum Gasteiger partial charge on any atom is -0.366 e. The van der Waals surface area contributed by atoms with Crippen molar-refractivity contribution in [2.75, 3.05) is 18.0 Å². The van der Waals surface area contributed by atoms with Crippen molar-refractivity contribution in [2.24, 2.45) is 0 Å². The first-order valence-corrected chi connectivity index (χ1v) is 10.1. The van der Waals surface area contributed by atoms with Crippen LogP contribution in [0.2, 0.25) is 5.02 Å². The van der Waals surface area contributed by atoms with Gasteiger partial charge in [-0.05, 0) is 61.9 Å². The lowest BCUT2D eigenvalue weighted by Crippen LogP contribution is -2.37. The van der Waals surface area contributed by atoms with E-state index in [0.29, 0.717) is 22.0 Å². The lowest BCUT2D eigenvalue weighted by molar-refractivity contribution is -0.120. The number of aryl methyl sites for hydroxylation is 2. The molecule has 1 fully saturated rings. The van der Waals surface area contributed by atoms with Crippen LogP contribution in [0.25, 0.3) is 5.57 Å². The molecule has 0 saturated carbocycles. The van der Waals surface area contributed by atoms with Gasteiger partial charge in [0.15, 0.2) is 0 Å². The van der Waals surface area contributed by atoms with Gasteiger partial charge >= 0.3 is 0 Å². The summed E-state index contributed by atoms with van der Waals surface area (Å²) in [5, 5.41) is 0.392. The Kier molecular flexibility index (Phi) is 4.98. The van der Waals surface area contributed by atoms with Gasteiger partial charge in [-0.1, -0.05) is 41.9 Å². The molecule has 4 rings (SSSR count). The zero-order valence-corrected chi connectivity index (χ0v) is 16.9. The molecule has 0 bridgehead atoms. The molecule has 0 N–H and O–H groups in total. The molecule has 4 nitrogen and oxygen atoms in total. The van der Waals surface area contributed by atoms with Crippen LogP contribution >= 0.6 is 11.6 Å². The van der Waals surface area contributed by atoms with Gasteiger partial charge < -0.3 is 4.90 Å². The van der Waals surface area contributed by atoms with Crippen molar-refractivity contribution in [3.63, 3.8) is 0 Å². The van der Waals surface area contributed by atoms with Crippen molar-refractivity contribution >= 4 is 34.7 Å². The lowest BCUT2D eigenvalue weighted by atomic mass is 9.98. The molecule has 0 aromatic heterocycles. The second-order valence-electron chi connectivity index (χ2n) is 7.47. The molecule has 0 spiro atoms. The third-order valence-corrected chi connectivity index (χ3v) is 5.94. The van der Waals surface area contributed by atoms with Gasteiger partial charge in [0.1, 0.15) is 5.70 Å². The van der Waals surface area contributed by atoms with Crippen molar-refractivity contribution in [1.29, 1.82) is 0 Å². The fraction of sp³-hybridized carbons (Fsp3) is 0.304. The molecule has 1 saturated heterocycles. The molecule has 2 aromatic carbocycles. The maximum atomic E-state index is 13.5. The minimum absolute atomic E-state index is 0.284. The van der Waals surface area contributed by atoms with E-state index < -0.39 is 0 Å². The van der Waals surface area contributed by atoms with E-state index in [-0.39, 0.29) is 11.8 Å². The van der Waals surface area contributed by atoms with Crippen molar-refractivity contribution < 1.29 is 9.59 Å². The van der Waals surface area contributed by atoms with Gasteiger partial charge in [-0.25, -0.2) is 4.90 Å². The van der Waals surface area contributed by atoms with E-state index in [1.807, 2.05) is 32.0 Å². The van der Waals surface area contributed by atoms with Crippen LogP contribution in [0.5, 0.6) is 0 Å². The largest absolute Gasteiger partial charge is 0.366 e. The lowest BCUT2D eigenvalue weighted by Gasteiger charge is -2.29. The van der Waals surface area contributed by atoms with Gasteiger partial charge in [0, 0.05) is 13.1 Å². The number of piperidine rings is 1. The van der Waals surface area contributed by atoms with E-state index in [0.717, 1.165) is 49.0 Å². The Labute approximate surface area is 170 Å². The molecule has 0 atom stereocenters. The van der Waals surface area contributed by atoms with E-state index in [1.54, 1.807) is 24.3 Å². The summed E-state index contributed by atoms with van der Waals surface area (Å²) >= 11 is 6.33. The quantitative estimate of drug-likeness (QED) is 0.707. The summed E-state index contributed by atoms with van der Waals surface area (Å²) in [6.45, 7) is 5.64. The van der Waals surface area contributed by atoms with Crippen LogP contribution in [0, 0.1) is 13.8 Å². The predicted octanol–water partition coefficient (Wildman–Crippen LogP) is 4.73. The van der Waals surface area contributed by atoms with E-state index >= 15 is 0 Å². The van der Waals surface area contributed by atoms with E-state index in [1.165, 1.54) is 4.90 Å². The summed E-state index contributed by atoms with van der Waals surface area (Å²) in [7, 11) is 0. The highest BCUT2D eigenvalue weighted by molar-refractivity contribution is 6.47. The third kappa shape index (κ3) is 3.12. The van der Waals surface area contributed by atoms with E-state index in [4.69, 9.17) is 11.6 Å². The smallest absolute Gasteiger partial charge is 0.282 e. The number of anilines is 1. The zero-order valence-electron chi connectivity index (χ0n) is 16.2. The molecule has 28 heavy (non-hydrogen) atoms. The number of hydrogen-bond donors (Lipinski definition) is 0. The Balaban J connectivity index is 1.87. The SMILES string of the molecule is Cc1ccc(C2=C(N3CCCCC3)C(=O)N(c3ccccc3Cl)C2=O)cc1C. The zero-order chi connectivity index (χ0) is 19.8. The number of rotatable bonds is 3. The highest BCUT2D eigenvalue weighted by Crippen LogP contribution is 2.38. The van der Waals surface area contributed by atoms with Crippen LogP contribution in [0.1, 0.15) is 36.0 Å². The average Bonchev–Trinajstić information content (AvgIpc) is 2.95. The Morgan fingerprint density at radius 2 is 1.57 bits per heavy atom. The van der Waals surface area contributed by atoms with Crippen LogP contribution < -0.4 is 4.90 Å². The number of carbonyl (C=O) groups excluding carboxylic acids is 2. The summed E-state index contributed by atoms with van der Waals surface area (Å²) in [6, 6.07) is 12.9. The normalized spacial score (nSPS) is 17.7. The summed E-state index contributed by atoms with van der Waals surface area (Å²) in [4.78, 5) is 30.2. The first kappa shape index (κ1) is 18.8. The average molecular weight is 395 g/mol. The maximum Gasteiger partial charge on any atom is 0.282 e. The number of imide groups is 1. The number of nitrogens with zero attached hydrogens (tertiary/aromatic N) is 2. The highest BCUT2D eigenvalue weighted by Gasteiger charge is 2.43. The number of amides is 2. The van der Waals surface area contributed by atoms with E-state index in [9.17, 15) is 9.59 Å². The van der Waals surface area contributed by atoms with Crippen LogP contribution in [0.4, 0.5) is 5.69 Å². The van der Waals surface area contributed by atoms with Crippen LogP contribution in [-0.2, 0) is 9.59 Å². The Bertz CT molecular complexity index is 990. The number of para-hydroxylation sites is 1. The number of hydrogen-bond acceptors (Lipinski definition) is 3.